The SMILES string of the molecule is O=C(/C=C/c1ccc(F)cc1)c1ccc(OCCCCBr)cc1. The van der Waals surface area contributed by atoms with E-state index in [0.29, 0.717) is 12.2 Å². The first-order valence-corrected chi connectivity index (χ1v) is 8.58. The van der Waals surface area contributed by atoms with Crippen molar-refractivity contribution >= 4 is 27.8 Å². The van der Waals surface area contributed by atoms with Crippen LogP contribution in [0.5, 0.6) is 5.75 Å². The van der Waals surface area contributed by atoms with Crippen LogP contribution in [-0.2, 0) is 0 Å². The maximum absolute atomic E-state index is 12.8. The van der Waals surface area contributed by atoms with Gasteiger partial charge in [-0.25, -0.2) is 4.39 Å². The molecule has 0 aliphatic rings. The average molecular weight is 377 g/mol. The third kappa shape index (κ3) is 5.99. The van der Waals surface area contributed by atoms with Crippen molar-refractivity contribution in [2.75, 3.05) is 11.9 Å². The van der Waals surface area contributed by atoms with Crippen LogP contribution in [0.4, 0.5) is 4.39 Å². The number of alkyl halides is 1. The molecule has 0 radical (unpaired) electrons. The number of allylic oxidation sites excluding steroid dienone is 1. The summed E-state index contributed by atoms with van der Waals surface area (Å²) >= 11 is 3.38. The molecule has 0 N–H and O–H groups in total. The van der Waals surface area contributed by atoms with E-state index in [0.717, 1.165) is 29.5 Å². The summed E-state index contributed by atoms with van der Waals surface area (Å²) in [6, 6.07) is 13.1. The highest BCUT2D eigenvalue weighted by atomic mass is 79.9. The van der Waals surface area contributed by atoms with Crippen molar-refractivity contribution in [2.45, 2.75) is 12.8 Å². The van der Waals surface area contributed by atoms with Crippen LogP contribution in [0.25, 0.3) is 6.08 Å². The molecule has 0 amide bonds. The molecule has 0 saturated heterocycles. The minimum absolute atomic E-state index is 0.0971. The monoisotopic (exact) mass is 376 g/mol. The summed E-state index contributed by atoms with van der Waals surface area (Å²) in [6.07, 6.45) is 5.22. The number of carbonyl (C=O) groups is 1. The zero-order valence-electron chi connectivity index (χ0n) is 12.7. The fraction of sp³-hybridized carbons (Fsp3) is 0.211. The van der Waals surface area contributed by atoms with E-state index in [9.17, 15) is 9.18 Å². The molecule has 0 aliphatic heterocycles. The lowest BCUT2D eigenvalue weighted by atomic mass is 10.1. The number of ketones is 1. The number of hydrogen-bond donors (Lipinski definition) is 0. The summed E-state index contributed by atoms with van der Waals surface area (Å²) in [7, 11) is 0. The number of carbonyl (C=O) groups excluding carboxylic acids is 1. The van der Waals surface area contributed by atoms with Crippen LogP contribution in [0.2, 0.25) is 0 Å². The van der Waals surface area contributed by atoms with E-state index in [1.165, 1.54) is 18.2 Å². The Kier molecular flexibility index (Phi) is 7.01. The van der Waals surface area contributed by atoms with Crippen LogP contribution >= 0.6 is 15.9 Å². The number of hydrogen-bond acceptors (Lipinski definition) is 2. The first-order valence-electron chi connectivity index (χ1n) is 7.46. The summed E-state index contributed by atoms with van der Waals surface area (Å²) in [5.74, 6) is 0.374. The van der Waals surface area contributed by atoms with Crippen LogP contribution < -0.4 is 4.74 Å². The van der Waals surface area contributed by atoms with Gasteiger partial charge in [0, 0.05) is 10.9 Å². The summed E-state index contributed by atoms with van der Waals surface area (Å²) in [5.41, 5.74) is 1.38. The Balaban J connectivity index is 1.90. The molecule has 0 fully saturated rings. The lowest BCUT2D eigenvalue weighted by molar-refractivity contribution is 0.104. The lowest BCUT2D eigenvalue weighted by Gasteiger charge is -2.05. The molecule has 4 heteroatoms. The molecule has 0 aromatic heterocycles. The first-order chi connectivity index (χ1) is 11.2. The summed E-state index contributed by atoms with van der Waals surface area (Å²) in [5, 5.41) is 0.976. The average Bonchev–Trinajstić information content (AvgIpc) is 2.58. The highest BCUT2D eigenvalue weighted by Crippen LogP contribution is 2.14. The maximum Gasteiger partial charge on any atom is 0.185 e. The molecule has 2 aromatic carbocycles. The van der Waals surface area contributed by atoms with Gasteiger partial charge in [-0.05, 0) is 60.9 Å². The number of halogens is 2. The van der Waals surface area contributed by atoms with Gasteiger partial charge >= 0.3 is 0 Å². The number of unbranched alkanes of at least 4 members (excludes halogenated alkanes) is 1. The molecular formula is C19H18BrFO2. The Hall–Kier alpha value is -1.94. The van der Waals surface area contributed by atoms with Crippen LogP contribution in [0.15, 0.2) is 54.6 Å². The highest BCUT2D eigenvalue weighted by molar-refractivity contribution is 9.09. The molecule has 2 nitrogen and oxygen atoms in total. The minimum atomic E-state index is -0.291. The molecule has 0 heterocycles. The maximum atomic E-state index is 12.8. The molecule has 2 aromatic rings. The lowest BCUT2D eigenvalue weighted by Crippen LogP contribution is -1.99. The summed E-state index contributed by atoms with van der Waals surface area (Å²) < 4.78 is 18.4. The molecule has 0 aliphatic carbocycles. The molecule has 0 atom stereocenters. The van der Waals surface area contributed by atoms with Crippen LogP contribution in [0.3, 0.4) is 0 Å². The van der Waals surface area contributed by atoms with E-state index in [2.05, 4.69) is 15.9 Å². The van der Waals surface area contributed by atoms with Crippen molar-refractivity contribution in [1.29, 1.82) is 0 Å². The van der Waals surface area contributed by atoms with Crippen molar-refractivity contribution < 1.29 is 13.9 Å². The Bertz CT molecular complexity index is 648. The summed E-state index contributed by atoms with van der Waals surface area (Å²) in [4.78, 5) is 12.1. The zero-order valence-corrected chi connectivity index (χ0v) is 14.3. The van der Waals surface area contributed by atoms with E-state index in [-0.39, 0.29) is 11.6 Å². The van der Waals surface area contributed by atoms with Gasteiger partial charge in [-0.3, -0.25) is 4.79 Å². The van der Waals surface area contributed by atoms with Crippen molar-refractivity contribution in [2.24, 2.45) is 0 Å². The first kappa shape index (κ1) is 17.4. The van der Waals surface area contributed by atoms with E-state index in [1.54, 1.807) is 42.5 Å². The Labute approximate surface area is 144 Å². The van der Waals surface area contributed by atoms with Gasteiger partial charge in [0.1, 0.15) is 11.6 Å². The smallest absolute Gasteiger partial charge is 0.185 e. The highest BCUT2D eigenvalue weighted by Gasteiger charge is 2.02. The fourth-order valence-corrected chi connectivity index (χ4v) is 2.34. The third-order valence-electron chi connectivity index (χ3n) is 3.23. The molecular weight excluding hydrogens is 359 g/mol. The normalized spacial score (nSPS) is 10.9. The predicted molar refractivity (Wildman–Crippen MR) is 94.7 cm³/mol. The van der Waals surface area contributed by atoms with Crippen LogP contribution in [-0.4, -0.2) is 17.7 Å². The Morgan fingerprint density at radius 1 is 1.04 bits per heavy atom. The van der Waals surface area contributed by atoms with Crippen molar-refractivity contribution in [3.8, 4) is 5.75 Å². The molecule has 0 bridgehead atoms. The molecule has 0 spiro atoms. The topological polar surface area (TPSA) is 26.3 Å². The molecule has 2 rings (SSSR count). The second kappa shape index (κ2) is 9.26. The van der Waals surface area contributed by atoms with Crippen molar-refractivity contribution in [3.63, 3.8) is 0 Å². The van der Waals surface area contributed by atoms with Gasteiger partial charge in [-0.2, -0.15) is 0 Å². The van der Waals surface area contributed by atoms with Crippen LogP contribution in [0.1, 0.15) is 28.8 Å². The van der Waals surface area contributed by atoms with Gasteiger partial charge in [-0.15, -0.1) is 0 Å². The minimum Gasteiger partial charge on any atom is -0.494 e. The Morgan fingerprint density at radius 2 is 1.74 bits per heavy atom. The molecule has 23 heavy (non-hydrogen) atoms. The van der Waals surface area contributed by atoms with Gasteiger partial charge in [0.15, 0.2) is 5.78 Å². The van der Waals surface area contributed by atoms with Crippen molar-refractivity contribution in [3.05, 3.63) is 71.6 Å². The third-order valence-corrected chi connectivity index (χ3v) is 3.79. The van der Waals surface area contributed by atoms with Gasteiger partial charge in [0.25, 0.3) is 0 Å². The Morgan fingerprint density at radius 3 is 2.39 bits per heavy atom. The predicted octanol–water partition coefficient (Wildman–Crippen LogP) is 5.28. The van der Waals surface area contributed by atoms with Crippen LogP contribution in [0, 0.1) is 5.82 Å². The summed E-state index contributed by atoms with van der Waals surface area (Å²) in [6.45, 7) is 0.670. The second-order valence-corrected chi connectivity index (χ2v) is 5.81. The van der Waals surface area contributed by atoms with E-state index >= 15 is 0 Å². The quantitative estimate of drug-likeness (QED) is 0.271. The standard InChI is InChI=1S/C19H18BrFO2/c20-13-1-2-14-23-18-10-6-16(7-11-18)19(22)12-5-15-3-8-17(21)9-4-15/h3-12H,1-2,13-14H2/b12-5+. The number of ether oxygens (including phenoxy) is 1. The van der Waals surface area contributed by atoms with Crippen molar-refractivity contribution in [1.82, 2.24) is 0 Å². The van der Waals surface area contributed by atoms with E-state index < -0.39 is 0 Å². The fourth-order valence-electron chi connectivity index (χ4n) is 1.94. The zero-order chi connectivity index (χ0) is 16.5. The van der Waals surface area contributed by atoms with Gasteiger partial charge in [0.2, 0.25) is 0 Å². The van der Waals surface area contributed by atoms with Gasteiger partial charge in [0.05, 0.1) is 6.61 Å². The largest absolute Gasteiger partial charge is 0.494 e. The second-order valence-electron chi connectivity index (χ2n) is 5.02. The molecule has 120 valence electrons. The van der Waals surface area contributed by atoms with E-state index in [1.807, 2.05) is 0 Å². The molecule has 0 saturated carbocycles. The number of rotatable bonds is 8. The number of benzene rings is 2. The van der Waals surface area contributed by atoms with Gasteiger partial charge in [-0.1, -0.05) is 34.1 Å². The van der Waals surface area contributed by atoms with Gasteiger partial charge < -0.3 is 4.74 Å². The molecule has 0 unspecified atom stereocenters. The van der Waals surface area contributed by atoms with E-state index in [4.69, 9.17) is 4.74 Å².